The van der Waals surface area contributed by atoms with Crippen LogP contribution in [0.3, 0.4) is 0 Å². The number of nitrogens with zero attached hydrogens (tertiary/aromatic N) is 1. The third-order valence-corrected chi connectivity index (χ3v) is 5.37. The van der Waals surface area contributed by atoms with Gasteiger partial charge in [-0.15, -0.1) is 0 Å². The summed E-state index contributed by atoms with van der Waals surface area (Å²) in [6.45, 7) is 9.55. The molecule has 2 rings (SSSR count). The lowest BCUT2D eigenvalue weighted by molar-refractivity contribution is -0.176. The van der Waals surface area contributed by atoms with Crippen LogP contribution in [0.5, 0.6) is 5.75 Å². The van der Waals surface area contributed by atoms with Gasteiger partial charge in [0.05, 0.1) is 12.1 Å². The molecule has 2 unspecified atom stereocenters. The van der Waals surface area contributed by atoms with E-state index < -0.39 is 5.82 Å². The quantitative estimate of drug-likeness (QED) is 0.571. The fourth-order valence-corrected chi connectivity index (χ4v) is 3.03. The zero-order valence-electron chi connectivity index (χ0n) is 15.1. The van der Waals surface area contributed by atoms with E-state index in [4.69, 9.17) is 4.74 Å². The number of hydrogen-bond donors (Lipinski definition) is 3. The Bertz CT molecular complexity index is 618. The van der Waals surface area contributed by atoms with Crippen molar-refractivity contribution in [3.05, 3.63) is 29.6 Å². The van der Waals surface area contributed by atoms with Gasteiger partial charge in [0.15, 0.2) is 17.5 Å². The predicted molar refractivity (Wildman–Crippen MR) is 93.6 cm³/mol. The number of phenols is 1. The summed E-state index contributed by atoms with van der Waals surface area (Å²) < 4.78 is 19.1. The lowest BCUT2D eigenvalue weighted by atomic mass is 9.56. The van der Waals surface area contributed by atoms with Gasteiger partial charge in [0.25, 0.3) is 0 Å². The lowest BCUT2D eigenvalue weighted by Gasteiger charge is -2.59. The number of benzene rings is 1. The molecule has 0 radical (unpaired) electrons. The monoisotopic (exact) mass is 337 g/mol. The van der Waals surface area contributed by atoms with Crippen LogP contribution in [0.1, 0.15) is 39.7 Å². The molecular formula is C18H28FN3O2. The number of aliphatic imine (C=N–C) groups is 1. The normalized spacial score (nSPS) is 25.9. The van der Waals surface area contributed by atoms with E-state index in [1.54, 1.807) is 13.2 Å². The van der Waals surface area contributed by atoms with Crippen LogP contribution < -0.4 is 10.6 Å². The van der Waals surface area contributed by atoms with E-state index in [0.717, 1.165) is 13.0 Å². The molecule has 1 aromatic carbocycles. The highest BCUT2D eigenvalue weighted by atomic mass is 19.1. The zero-order chi connectivity index (χ0) is 18.0. The van der Waals surface area contributed by atoms with Gasteiger partial charge in [-0.25, -0.2) is 9.38 Å². The van der Waals surface area contributed by atoms with Gasteiger partial charge >= 0.3 is 0 Å². The molecule has 0 heterocycles. The number of phenolic OH excluding ortho intramolecular Hbond substituents is 1. The summed E-state index contributed by atoms with van der Waals surface area (Å²) >= 11 is 0. The number of rotatable bonds is 5. The summed E-state index contributed by atoms with van der Waals surface area (Å²) in [7, 11) is 1.75. The standard InChI is InChI=1S/C18H28FN3O2/c1-6-20-16(21-11-12-7-8-14(23)13(19)9-12)22-15-10-18(4,24-5)17(15,2)3/h7-9,15,23H,6,10-11H2,1-5H3,(H2,20,21,22). The molecule has 1 aliphatic carbocycles. The Morgan fingerprint density at radius 1 is 1.42 bits per heavy atom. The SMILES string of the molecule is CCNC(=NCc1ccc(O)c(F)c1)NC1CC(C)(OC)C1(C)C. The number of ether oxygens (including phenoxy) is 1. The first-order valence-electron chi connectivity index (χ1n) is 8.31. The second kappa shape index (κ2) is 6.97. The van der Waals surface area contributed by atoms with E-state index in [0.29, 0.717) is 18.1 Å². The molecule has 0 amide bonds. The van der Waals surface area contributed by atoms with Crippen LogP contribution in [-0.4, -0.2) is 36.4 Å². The molecule has 1 saturated carbocycles. The number of halogens is 1. The molecular weight excluding hydrogens is 309 g/mol. The molecule has 6 heteroatoms. The molecule has 1 fully saturated rings. The van der Waals surface area contributed by atoms with Crippen molar-refractivity contribution >= 4 is 5.96 Å². The number of guanidine groups is 1. The number of methoxy groups -OCH3 is 1. The minimum atomic E-state index is -0.628. The predicted octanol–water partition coefficient (Wildman–Crippen LogP) is 2.79. The maximum atomic E-state index is 13.4. The minimum absolute atomic E-state index is 0.0252. The van der Waals surface area contributed by atoms with Crippen molar-refractivity contribution in [2.24, 2.45) is 10.4 Å². The molecule has 0 aliphatic heterocycles. The van der Waals surface area contributed by atoms with Crippen molar-refractivity contribution in [1.29, 1.82) is 0 Å². The Morgan fingerprint density at radius 2 is 2.12 bits per heavy atom. The maximum absolute atomic E-state index is 13.4. The summed E-state index contributed by atoms with van der Waals surface area (Å²) in [5.74, 6) is -0.276. The third-order valence-electron chi connectivity index (χ3n) is 5.37. The van der Waals surface area contributed by atoms with Gasteiger partial charge in [0.2, 0.25) is 0 Å². The van der Waals surface area contributed by atoms with Crippen LogP contribution in [0.4, 0.5) is 4.39 Å². The van der Waals surface area contributed by atoms with Gasteiger partial charge in [-0.1, -0.05) is 19.9 Å². The highest BCUT2D eigenvalue weighted by Gasteiger charge is 2.58. The second-order valence-corrected chi connectivity index (χ2v) is 7.04. The summed E-state index contributed by atoms with van der Waals surface area (Å²) in [5.41, 5.74) is 0.530. The van der Waals surface area contributed by atoms with Crippen LogP contribution in [-0.2, 0) is 11.3 Å². The van der Waals surface area contributed by atoms with E-state index in [2.05, 4.69) is 36.4 Å². The largest absolute Gasteiger partial charge is 0.505 e. The summed E-state index contributed by atoms with van der Waals surface area (Å²) in [6, 6.07) is 4.56. The maximum Gasteiger partial charge on any atom is 0.191 e. The Balaban J connectivity index is 2.05. The average Bonchev–Trinajstić information content (AvgIpc) is 2.55. The van der Waals surface area contributed by atoms with Crippen LogP contribution >= 0.6 is 0 Å². The molecule has 0 aromatic heterocycles. The van der Waals surface area contributed by atoms with Crippen LogP contribution in [0.15, 0.2) is 23.2 Å². The van der Waals surface area contributed by atoms with Gasteiger partial charge in [0.1, 0.15) is 0 Å². The van der Waals surface area contributed by atoms with Gasteiger partial charge < -0.3 is 20.5 Å². The van der Waals surface area contributed by atoms with Crippen molar-refractivity contribution in [3.63, 3.8) is 0 Å². The van der Waals surface area contributed by atoms with E-state index in [1.807, 2.05) is 6.92 Å². The molecule has 0 bridgehead atoms. The highest BCUT2D eigenvalue weighted by Crippen LogP contribution is 2.51. The molecule has 0 spiro atoms. The lowest BCUT2D eigenvalue weighted by Crippen LogP contribution is -2.69. The first-order valence-corrected chi connectivity index (χ1v) is 8.31. The number of aromatic hydroxyl groups is 1. The first-order chi connectivity index (χ1) is 11.2. The van der Waals surface area contributed by atoms with Gasteiger partial charge in [-0.3, -0.25) is 0 Å². The van der Waals surface area contributed by atoms with Gasteiger partial charge in [-0.2, -0.15) is 0 Å². The van der Waals surface area contributed by atoms with Crippen LogP contribution in [0, 0.1) is 11.2 Å². The van der Waals surface area contributed by atoms with E-state index >= 15 is 0 Å². The first kappa shape index (κ1) is 18.5. The van der Waals surface area contributed by atoms with Crippen LogP contribution in [0.2, 0.25) is 0 Å². The van der Waals surface area contributed by atoms with E-state index in [-0.39, 0.29) is 22.8 Å². The van der Waals surface area contributed by atoms with Gasteiger partial charge in [-0.05, 0) is 38.0 Å². The Labute approximate surface area is 143 Å². The third kappa shape index (κ3) is 3.48. The van der Waals surface area contributed by atoms with Crippen molar-refractivity contribution in [2.45, 2.75) is 52.3 Å². The Morgan fingerprint density at radius 3 is 2.67 bits per heavy atom. The summed E-state index contributed by atoms with van der Waals surface area (Å²) in [5, 5.41) is 15.9. The minimum Gasteiger partial charge on any atom is -0.505 e. The second-order valence-electron chi connectivity index (χ2n) is 7.04. The van der Waals surface area contributed by atoms with Crippen molar-refractivity contribution in [2.75, 3.05) is 13.7 Å². The number of nitrogens with one attached hydrogen (secondary N) is 2. The molecule has 3 N–H and O–H groups in total. The Kier molecular flexibility index (Phi) is 5.38. The fraction of sp³-hybridized carbons (Fsp3) is 0.611. The van der Waals surface area contributed by atoms with Crippen molar-refractivity contribution < 1.29 is 14.2 Å². The number of hydrogen-bond acceptors (Lipinski definition) is 3. The van der Waals surface area contributed by atoms with Crippen molar-refractivity contribution in [1.82, 2.24) is 10.6 Å². The molecule has 1 aromatic rings. The van der Waals surface area contributed by atoms with E-state index in [9.17, 15) is 9.50 Å². The molecule has 24 heavy (non-hydrogen) atoms. The Hall–Kier alpha value is -1.82. The summed E-state index contributed by atoms with van der Waals surface area (Å²) in [4.78, 5) is 4.52. The highest BCUT2D eigenvalue weighted by molar-refractivity contribution is 5.80. The molecule has 1 aliphatic rings. The van der Waals surface area contributed by atoms with E-state index in [1.165, 1.54) is 12.1 Å². The topological polar surface area (TPSA) is 65.9 Å². The van der Waals surface area contributed by atoms with Crippen molar-refractivity contribution in [3.8, 4) is 5.75 Å². The molecule has 2 atom stereocenters. The fourth-order valence-electron chi connectivity index (χ4n) is 3.03. The average molecular weight is 337 g/mol. The smallest absolute Gasteiger partial charge is 0.191 e. The molecule has 134 valence electrons. The zero-order valence-corrected chi connectivity index (χ0v) is 15.1. The summed E-state index contributed by atoms with van der Waals surface area (Å²) in [6.07, 6.45) is 0.898. The molecule has 0 saturated heterocycles. The molecule has 5 nitrogen and oxygen atoms in total. The van der Waals surface area contributed by atoms with Gasteiger partial charge in [0, 0.05) is 25.1 Å². The van der Waals surface area contributed by atoms with Crippen LogP contribution in [0.25, 0.3) is 0 Å².